The molecule has 0 amide bonds. The van der Waals surface area contributed by atoms with Gasteiger partial charge in [0.2, 0.25) is 0 Å². The smallest absolute Gasteiger partial charge is 0.119 e. The van der Waals surface area contributed by atoms with Crippen molar-refractivity contribution in [3.05, 3.63) is 29.8 Å². The molecule has 1 atom stereocenters. The van der Waals surface area contributed by atoms with Crippen LogP contribution in [0.4, 0.5) is 0 Å². The second-order valence-electron chi connectivity index (χ2n) is 6.30. The van der Waals surface area contributed by atoms with E-state index >= 15 is 0 Å². The molecule has 1 aliphatic heterocycles. The van der Waals surface area contributed by atoms with E-state index in [0.717, 1.165) is 32.1 Å². The number of ether oxygens (including phenoxy) is 2. The molecule has 1 fully saturated rings. The van der Waals surface area contributed by atoms with Crippen molar-refractivity contribution in [2.75, 3.05) is 40.0 Å². The lowest BCUT2D eigenvalue weighted by Gasteiger charge is -2.36. The quantitative estimate of drug-likeness (QED) is 0.714. The average molecular weight is 305 g/mol. The first-order chi connectivity index (χ1) is 10.7. The van der Waals surface area contributed by atoms with E-state index in [2.05, 4.69) is 36.9 Å². The van der Waals surface area contributed by atoms with Crippen molar-refractivity contribution in [3.8, 4) is 5.75 Å². The van der Waals surface area contributed by atoms with Crippen LogP contribution in [0.25, 0.3) is 0 Å². The van der Waals surface area contributed by atoms with Gasteiger partial charge in [0.05, 0.1) is 13.7 Å². The van der Waals surface area contributed by atoms with Gasteiger partial charge in [0.15, 0.2) is 0 Å². The van der Waals surface area contributed by atoms with E-state index in [1.807, 2.05) is 6.07 Å². The maximum Gasteiger partial charge on any atom is 0.119 e. The molecule has 3 heteroatoms. The number of hydrogen-bond donors (Lipinski definition) is 0. The Morgan fingerprint density at radius 1 is 1.23 bits per heavy atom. The Morgan fingerprint density at radius 2 is 2.09 bits per heavy atom. The molecule has 1 unspecified atom stereocenters. The highest BCUT2D eigenvalue weighted by Gasteiger charge is 2.34. The van der Waals surface area contributed by atoms with Gasteiger partial charge in [-0.1, -0.05) is 25.5 Å². The minimum absolute atomic E-state index is 0.247. The van der Waals surface area contributed by atoms with Crippen LogP contribution in [0.2, 0.25) is 0 Å². The van der Waals surface area contributed by atoms with Crippen LogP contribution in [0.5, 0.6) is 5.75 Å². The van der Waals surface area contributed by atoms with Gasteiger partial charge < -0.3 is 14.4 Å². The third kappa shape index (κ3) is 4.23. The molecule has 22 heavy (non-hydrogen) atoms. The molecule has 1 aromatic carbocycles. The Hall–Kier alpha value is -1.06. The van der Waals surface area contributed by atoms with Crippen molar-refractivity contribution in [2.45, 2.75) is 44.9 Å². The Bertz CT molecular complexity index is 449. The normalized spacial score (nSPS) is 23.2. The number of hydrogen-bond acceptors (Lipinski definition) is 3. The van der Waals surface area contributed by atoms with Crippen LogP contribution >= 0.6 is 0 Å². The van der Waals surface area contributed by atoms with Gasteiger partial charge in [-0.15, -0.1) is 0 Å². The van der Waals surface area contributed by atoms with E-state index in [4.69, 9.17) is 9.47 Å². The zero-order valence-electron chi connectivity index (χ0n) is 14.4. The number of nitrogens with zero attached hydrogens (tertiary/aromatic N) is 1. The Morgan fingerprint density at radius 3 is 2.82 bits per heavy atom. The average Bonchev–Trinajstić information content (AvgIpc) is 2.78. The second-order valence-corrected chi connectivity index (χ2v) is 6.30. The number of likely N-dealkylation sites (tertiary alicyclic amines) is 1. The molecule has 1 saturated heterocycles. The largest absolute Gasteiger partial charge is 0.497 e. The lowest BCUT2D eigenvalue weighted by molar-refractivity contribution is 0.105. The highest BCUT2D eigenvalue weighted by Crippen LogP contribution is 2.37. The van der Waals surface area contributed by atoms with Crippen molar-refractivity contribution in [1.82, 2.24) is 4.90 Å². The fourth-order valence-corrected chi connectivity index (χ4v) is 3.60. The van der Waals surface area contributed by atoms with Gasteiger partial charge in [-0.3, -0.25) is 0 Å². The summed E-state index contributed by atoms with van der Waals surface area (Å²) in [5.41, 5.74) is 1.68. The van der Waals surface area contributed by atoms with Gasteiger partial charge >= 0.3 is 0 Å². The first-order valence-corrected chi connectivity index (χ1v) is 8.68. The predicted octanol–water partition coefficient (Wildman–Crippen LogP) is 3.87. The van der Waals surface area contributed by atoms with Crippen molar-refractivity contribution >= 4 is 0 Å². The zero-order chi connectivity index (χ0) is 15.8. The molecule has 0 radical (unpaired) electrons. The summed E-state index contributed by atoms with van der Waals surface area (Å²) in [6, 6.07) is 8.67. The van der Waals surface area contributed by atoms with Crippen LogP contribution in [0.1, 0.15) is 45.1 Å². The molecule has 124 valence electrons. The summed E-state index contributed by atoms with van der Waals surface area (Å²) >= 11 is 0. The van der Waals surface area contributed by atoms with Crippen LogP contribution in [-0.4, -0.2) is 44.9 Å². The molecule has 1 aliphatic rings. The minimum Gasteiger partial charge on any atom is -0.497 e. The highest BCUT2D eigenvalue weighted by molar-refractivity contribution is 5.34. The first kappa shape index (κ1) is 17.3. The van der Waals surface area contributed by atoms with Gasteiger partial charge in [0, 0.05) is 25.1 Å². The molecule has 0 spiro atoms. The Labute approximate surface area is 135 Å². The van der Waals surface area contributed by atoms with Gasteiger partial charge in [-0.2, -0.15) is 0 Å². The van der Waals surface area contributed by atoms with Crippen molar-refractivity contribution < 1.29 is 9.47 Å². The Kier molecular flexibility index (Phi) is 6.71. The van der Waals surface area contributed by atoms with Crippen molar-refractivity contribution in [1.29, 1.82) is 0 Å². The molecule has 1 heterocycles. The van der Waals surface area contributed by atoms with E-state index in [1.54, 1.807) is 7.11 Å². The fraction of sp³-hybridized carbons (Fsp3) is 0.684. The van der Waals surface area contributed by atoms with Crippen molar-refractivity contribution in [2.24, 2.45) is 0 Å². The summed E-state index contributed by atoms with van der Waals surface area (Å²) < 4.78 is 11.0. The van der Waals surface area contributed by atoms with E-state index in [-0.39, 0.29) is 5.41 Å². The molecule has 2 rings (SSSR count). The van der Waals surface area contributed by atoms with Gasteiger partial charge in [-0.05, 0) is 50.4 Å². The summed E-state index contributed by atoms with van der Waals surface area (Å²) in [6.07, 6.45) is 5.03. The van der Waals surface area contributed by atoms with Crippen molar-refractivity contribution in [3.63, 3.8) is 0 Å². The highest BCUT2D eigenvalue weighted by atomic mass is 16.5. The second kappa shape index (κ2) is 8.54. The van der Waals surface area contributed by atoms with Crippen LogP contribution in [0.15, 0.2) is 24.3 Å². The SMILES string of the molecule is CCOCCN1CCCCC(CC)(c2cccc(OC)c2)C1. The Balaban J connectivity index is 2.17. The standard InChI is InChI=1S/C19H31NO2/c1-4-19(17-9-8-10-18(15-17)21-3)11-6-7-12-20(16-19)13-14-22-5-2/h8-10,15H,4-7,11-14,16H2,1-3H3. The number of benzene rings is 1. The van der Waals surface area contributed by atoms with Gasteiger partial charge in [0.1, 0.15) is 5.75 Å². The van der Waals surface area contributed by atoms with E-state index in [1.165, 1.54) is 37.8 Å². The number of methoxy groups -OCH3 is 1. The monoisotopic (exact) mass is 305 g/mol. The third-order valence-corrected chi connectivity index (χ3v) is 5.02. The maximum absolute atomic E-state index is 5.56. The topological polar surface area (TPSA) is 21.7 Å². The molecule has 1 aromatic rings. The fourth-order valence-electron chi connectivity index (χ4n) is 3.60. The maximum atomic E-state index is 5.56. The minimum atomic E-state index is 0.247. The zero-order valence-corrected chi connectivity index (χ0v) is 14.4. The van der Waals surface area contributed by atoms with Crippen LogP contribution in [0, 0.1) is 0 Å². The van der Waals surface area contributed by atoms with E-state index < -0.39 is 0 Å². The third-order valence-electron chi connectivity index (χ3n) is 5.02. The summed E-state index contributed by atoms with van der Waals surface area (Å²) in [5, 5.41) is 0. The molecule has 0 aromatic heterocycles. The first-order valence-electron chi connectivity index (χ1n) is 8.68. The summed E-state index contributed by atoms with van der Waals surface area (Å²) in [4.78, 5) is 2.59. The predicted molar refractivity (Wildman–Crippen MR) is 91.7 cm³/mol. The number of rotatable bonds is 7. The molecule has 0 saturated carbocycles. The lowest BCUT2D eigenvalue weighted by Crippen LogP contribution is -2.40. The van der Waals surface area contributed by atoms with Gasteiger partial charge in [0.25, 0.3) is 0 Å². The van der Waals surface area contributed by atoms with E-state index in [9.17, 15) is 0 Å². The molecule has 0 N–H and O–H groups in total. The summed E-state index contributed by atoms with van der Waals surface area (Å²) in [7, 11) is 1.75. The van der Waals surface area contributed by atoms with Crippen LogP contribution in [-0.2, 0) is 10.2 Å². The molecule has 0 aliphatic carbocycles. The van der Waals surface area contributed by atoms with Gasteiger partial charge in [-0.25, -0.2) is 0 Å². The van der Waals surface area contributed by atoms with Crippen LogP contribution in [0.3, 0.4) is 0 Å². The molecule has 0 bridgehead atoms. The summed E-state index contributed by atoms with van der Waals surface area (Å²) in [6.45, 7) is 9.40. The molecule has 3 nitrogen and oxygen atoms in total. The van der Waals surface area contributed by atoms with Crippen LogP contribution < -0.4 is 4.74 Å². The molecular formula is C19H31NO2. The van der Waals surface area contributed by atoms with E-state index in [0.29, 0.717) is 0 Å². The molecular weight excluding hydrogens is 274 g/mol. The lowest BCUT2D eigenvalue weighted by atomic mass is 9.74. The summed E-state index contributed by atoms with van der Waals surface area (Å²) in [5.74, 6) is 0.968.